The first-order valence-corrected chi connectivity index (χ1v) is 12.8. The van der Waals surface area contributed by atoms with Crippen molar-refractivity contribution in [2.24, 2.45) is 5.92 Å². The van der Waals surface area contributed by atoms with Gasteiger partial charge in [-0.1, -0.05) is 55.8 Å². The Morgan fingerprint density at radius 2 is 1.65 bits per heavy atom. The van der Waals surface area contributed by atoms with Crippen LogP contribution >= 0.6 is 0 Å². The molecule has 0 saturated heterocycles. The first-order valence-electron chi connectivity index (χ1n) is 12.8. The van der Waals surface area contributed by atoms with Crippen LogP contribution in [0.5, 0.6) is 0 Å². The Morgan fingerprint density at radius 1 is 0.892 bits per heavy atom. The number of allylic oxidation sites excluding steroid dienone is 2. The standard InChI is InChI=1S/C31H31F5O/c1-3-4-27(37)25-16-12-21(29(34)31(25)36)11-8-19-6-9-20(10-7-19)23-15-13-22(17-26(23)32)24-14-5-18(2)28(33)30(24)35/h5,9,12-17,19,27,37H,3-4,6-8,10-11H2,1-2H3. The van der Waals surface area contributed by atoms with Crippen molar-refractivity contribution < 1.29 is 27.1 Å². The van der Waals surface area contributed by atoms with Crippen LogP contribution in [0.3, 0.4) is 0 Å². The molecule has 37 heavy (non-hydrogen) atoms. The van der Waals surface area contributed by atoms with E-state index >= 15 is 0 Å². The van der Waals surface area contributed by atoms with Gasteiger partial charge in [0.15, 0.2) is 23.3 Å². The van der Waals surface area contributed by atoms with Crippen LogP contribution in [0.15, 0.2) is 48.5 Å². The summed E-state index contributed by atoms with van der Waals surface area (Å²) < 4.78 is 72.3. The largest absolute Gasteiger partial charge is 0.388 e. The van der Waals surface area contributed by atoms with Gasteiger partial charge in [0, 0.05) is 16.7 Å². The maximum absolute atomic E-state index is 15.0. The topological polar surface area (TPSA) is 20.2 Å². The van der Waals surface area contributed by atoms with E-state index in [1.54, 1.807) is 18.2 Å². The molecule has 0 fully saturated rings. The molecule has 196 valence electrons. The number of halogens is 5. The van der Waals surface area contributed by atoms with E-state index in [0.717, 1.165) is 12.0 Å². The highest BCUT2D eigenvalue weighted by atomic mass is 19.2. The molecule has 0 saturated carbocycles. The molecule has 0 bridgehead atoms. The molecule has 0 aliphatic heterocycles. The van der Waals surface area contributed by atoms with Gasteiger partial charge in [0.1, 0.15) is 5.82 Å². The van der Waals surface area contributed by atoms with E-state index in [9.17, 15) is 27.1 Å². The molecular weight excluding hydrogens is 483 g/mol. The summed E-state index contributed by atoms with van der Waals surface area (Å²) in [5.74, 6) is -4.04. The highest BCUT2D eigenvalue weighted by Crippen LogP contribution is 2.36. The van der Waals surface area contributed by atoms with Gasteiger partial charge in [-0.15, -0.1) is 0 Å². The average Bonchev–Trinajstić information content (AvgIpc) is 2.89. The quantitative estimate of drug-likeness (QED) is 0.297. The van der Waals surface area contributed by atoms with Crippen LogP contribution in [0.4, 0.5) is 22.0 Å². The predicted molar refractivity (Wildman–Crippen MR) is 136 cm³/mol. The number of rotatable bonds is 8. The van der Waals surface area contributed by atoms with Crippen LogP contribution < -0.4 is 0 Å². The minimum absolute atomic E-state index is 0.00311. The van der Waals surface area contributed by atoms with Crippen LogP contribution in [0.25, 0.3) is 16.7 Å². The van der Waals surface area contributed by atoms with Gasteiger partial charge in [0.25, 0.3) is 0 Å². The summed E-state index contributed by atoms with van der Waals surface area (Å²) in [6.07, 6.45) is 5.14. The fourth-order valence-corrected chi connectivity index (χ4v) is 5.05. The smallest absolute Gasteiger partial charge is 0.166 e. The minimum Gasteiger partial charge on any atom is -0.388 e. The van der Waals surface area contributed by atoms with Crippen LogP contribution in [-0.4, -0.2) is 5.11 Å². The second-order valence-electron chi connectivity index (χ2n) is 9.91. The lowest BCUT2D eigenvalue weighted by atomic mass is 9.83. The summed E-state index contributed by atoms with van der Waals surface area (Å²) in [5, 5.41) is 10.0. The molecule has 3 aromatic carbocycles. The second-order valence-corrected chi connectivity index (χ2v) is 9.91. The highest BCUT2D eigenvalue weighted by Gasteiger charge is 2.22. The monoisotopic (exact) mass is 514 g/mol. The molecule has 2 unspecified atom stereocenters. The Labute approximate surface area is 214 Å². The van der Waals surface area contributed by atoms with E-state index in [1.807, 2.05) is 13.0 Å². The third-order valence-corrected chi connectivity index (χ3v) is 7.36. The van der Waals surface area contributed by atoms with Crippen LogP contribution in [0.2, 0.25) is 0 Å². The van der Waals surface area contributed by atoms with E-state index in [-0.39, 0.29) is 28.2 Å². The van der Waals surface area contributed by atoms with Gasteiger partial charge in [-0.25, -0.2) is 22.0 Å². The summed E-state index contributed by atoms with van der Waals surface area (Å²) in [5.41, 5.74) is 2.05. The summed E-state index contributed by atoms with van der Waals surface area (Å²) in [6.45, 7) is 3.34. The van der Waals surface area contributed by atoms with Crippen molar-refractivity contribution in [2.45, 2.75) is 64.9 Å². The molecule has 1 aliphatic carbocycles. The number of aliphatic hydroxyl groups is 1. The molecule has 0 heterocycles. The zero-order chi connectivity index (χ0) is 26.7. The fraction of sp³-hybridized carbons (Fsp3) is 0.355. The zero-order valence-electron chi connectivity index (χ0n) is 21.1. The first kappa shape index (κ1) is 27.1. The summed E-state index contributed by atoms with van der Waals surface area (Å²) in [7, 11) is 0. The Bertz CT molecular complexity index is 1310. The lowest BCUT2D eigenvalue weighted by molar-refractivity contribution is 0.160. The number of benzene rings is 3. The van der Waals surface area contributed by atoms with Gasteiger partial charge in [0.05, 0.1) is 6.10 Å². The number of hydrogen-bond donors (Lipinski definition) is 1. The molecular formula is C31H31F5O. The van der Waals surface area contributed by atoms with E-state index < -0.39 is 35.2 Å². The van der Waals surface area contributed by atoms with Crippen molar-refractivity contribution in [1.82, 2.24) is 0 Å². The maximum atomic E-state index is 15.0. The Morgan fingerprint density at radius 3 is 2.32 bits per heavy atom. The van der Waals surface area contributed by atoms with Gasteiger partial charge < -0.3 is 5.11 Å². The Hall–Kier alpha value is -2.99. The molecule has 6 heteroatoms. The molecule has 0 spiro atoms. The first-order chi connectivity index (χ1) is 17.7. The molecule has 1 nitrogen and oxygen atoms in total. The van der Waals surface area contributed by atoms with Crippen molar-refractivity contribution in [2.75, 3.05) is 0 Å². The van der Waals surface area contributed by atoms with Gasteiger partial charge in [-0.2, -0.15) is 0 Å². The zero-order valence-corrected chi connectivity index (χ0v) is 21.1. The third-order valence-electron chi connectivity index (χ3n) is 7.36. The van der Waals surface area contributed by atoms with E-state index in [0.29, 0.717) is 49.7 Å². The van der Waals surface area contributed by atoms with Crippen LogP contribution in [-0.2, 0) is 6.42 Å². The molecule has 0 aromatic heterocycles. The maximum Gasteiger partial charge on any atom is 0.166 e. The average molecular weight is 515 g/mol. The minimum atomic E-state index is -1.01. The molecule has 0 amide bonds. The van der Waals surface area contributed by atoms with Gasteiger partial charge in [-0.3, -0.25) is 0 Å². The molecule has 1 aliphatic rings. The molecule has 4 rings (SSSR count). The molecule has 1 N–H and O–H groups in total. The predicted octanol–water partition coefficient (Wildman–Crippen LogP) is 9.01. The van der Waals surface area contributed by atoms with Crippen molar-refractivity contribution in [3.05, 3.63) is 99.9 Å². The lowest BCUT2D eigenvalue weighted by Gasteiger charge is -2.23. The van der Waals surface area contributed by atoms with Crippen LogP contribution in [0.1, 0.15) is 73.8 Å². The van der Waals surface area contributed by atoms with Crippen molar-refractivity contribution in [3.63, 3.8) is 0 Å². The second kappa shape index (κ2) is 11.6. The number of aliphatic hydroxyl groups excluding tert-OH is 1. The number of aryl methyl sites for hydroxylation is 2. The van der Waals surface area contributed by atoms with Crippen molar-refractivity contribution >= 4 is 5.57 Å². The Balaban J connectivity index is 1.41. The highest BCUT2D eigenvalue weighted by molar-refractivity contribution is 5.72. The molecule has 2 atom stereocenters. The van der Waals surface area contributed by atoms with Gasteiger partial charge in [-0.05, 0) is 79.7 Å². The SMILES string of the molecule is CCCC(O)c1ccc(CCC2CC=C(c3ccc(-c4ccc(C)c(F)c4F)cc3F)CC2)c(F)c1F. The van der Waals surface area contributed by atoms with Crippen molar-refractivity contribution in [3.8, 4) is 11.1 Å². The van der Waals surface area contributed by atoms with E-state index in [4.69, 9.17) is 0 Å². The van der Waals surface area contributed by atoms with Gasteiger partial charge >= 0.3 is 0 Å². The number of hydrogen-bond acceptors (Lipinski definition) is 1. The van der Waals surface area contributed by atoms with Crippen LogP contribution in [0, 0.1) is 41.9 Å². The summed E-state index contributed by atoms with van der Waals surface area (Å²) in [4.78, 5) is 0. The van der Waals surface area contributed by atoms with Gasteiger partial charge in [0.2, 0.25) is 0 Å². The van der Waals surface area contributed by atoms with E-state index in [2.05, 4.69) is 0 Å². The van der Waals surface area contributed by atoms with Crippen molar-refractivity contribution in [1.29, 1.82) is 0 Å². The lowest BCUT2D eigenvalue weighted by Crippen LogP contribution is -2.09. The molecule has 3 aromatic rings. The summed E-state index contributed by atoms with van der Waals surface area (Å²) in [6, 6.07) is 10.4. The Kier molecular flexibility index (Phi) is 8.48. The third kappa shape index (κ3) is 5.80. The molecule has 0 radical (unpaired) electrons. The normalized spacial score (nSPS) is 16.5. The summed E-state index contributed by atoms with van der Waals surface area (Å²) >= 11 is 0. The van der Waals surface area contributed by atoms with E-state index in [1.165, 1.54) is 31.2 Å². The fourth-order valence-electron chi connectivity index (χ4n) is 5.05.